The Balaban J connectivity index is 1.74. The molecule has 0 atom stereocenters. The Morgan fingerprint density at radius 2 is 1.96 bits per heavy atom. The van der Waals surface area contributed by atoms with E-state index in [0.717, 1.165) is 5.56 Å². The molecule has 0 aromatic heterocycles. The van der Waals surface area contributed by atoms with Crippen LogP contribution >= 0.6 is 11.6 Å². The molecule has 2 N–H and O–H groups in total. The summed E-state index contributed by atoms with van der Waals surface area (Å²) in [5, 5.41) is 6.28. The minimum absolute atomic E-state index is 0.0238. The molecular weight excluding hydrogens is 344 g/mol. The van der Waals surface area contributed by atoms with Crippen molar-refractivity contribution in [3.63, 3.8) is 0 Å². The van der Waals surface area contributed by atoms with Gasteiger partial charge in [0.2, 0.25) is 5.91 Å². The number of nitrogens with zero attached hydrogens (tertiary/aromatic N) is 2. The number of aryl methyl sites for hydroxylation is 1. The third-order valence-electron chi connectivity index (χ3n) is 4.08. The highest BCUT2D eigenvalue weighted by Gasteiger charge is 2.22. The summed E-state index contributed by atoms with van der Waals surface area (Å²) in [6.07, 6.45) is 0. The Morgan fingerprint density at radius 1 is 1.24 bits per heavy atom. The predicted molar refractivity (Wildman–Crippen MR) is 98.1 cm³/mol. The molecule has 1 saturated heterocycles. The molecule has 138 valence electrons. The molecule has 8 heteroatoms. The van der Waals surface area contributed by atoms with E-state index in [4.69, 9.17) is 16.3 Å². The molecule has 0 unspecified atom stereocenters. The number of amides is 3. The van der Waals surface area contributed by atoms with Crippen molar-refractivity contribution in [3.05, 3.63) is 28.8 Å². The monoisotopic (exact) mass is 368 g/mol. The van der Waals surface area contributed by atoms with E-state index >= 15 is 0 Å². The molecule has 1 aromatic carbocycles. The molecule has 1 heterocycles. The number of nitrogens with one attached hydrogen (secondary N) is 2. The van der Waals surface area contributed by atoms with E-state index in [1.807, 2.05) is 24.0 Å². The first-order valence-electron chi connectivity index (χ1n) is 8.29. The van der Waals surface area contributed by atoms with E-state index in [9.17, 15) is 9.59 Å². The molecule has 0 spiro atoms. The van der Waals surface area contributed by atoms with E-state index in [1.165, 1.54) is 0 Å². The zero-order valence-corrected chi connectivity index (χ0v) is 15.4. The highest BCUT2D eigenvalue weighted by atomic mass is 35.5. The second-order valence-corrected chi connectivity index (χ2v) is 6.41. The molecule has 25 heavy (non-hydrogen) atoms. The first kappa shape index (κ1) is 19.5. The van der Waals surface area contributed by atoms with Crippen LogP contribution in [0.15, 0.2) is 18.2 Å². The molecule has 0 aliphatic carbocycles. The van der Waals surface area contributed by atoms with Gasteiger partial charge in [0.25, 0.3) is 0 Å². The second kappa shape index (κ2) is 9.60. The minimum atomic E-state index is -0.149. The molecule has 0 saturated carbocycles. The molecule has 1 fully saturated rings. The van der Waals surface area contributed by atoms with Crippen molar-refractivity contribution in [2.45, 2.75) is 6.92 Å². The average Bonchev–Trinajstić information content (AvgIpc) is 2.59. The second-order valence-electron chi connectivity index (χ2n) is 6.00. The van der Waals surface area contributed by atoms with Gasteiger partial charge in [-0.25, -0.2) is 4.79 Å². The molecular formula is C17H25ClN4O3. The summed E-state index contributed by atoms with van der Waals surface area (Å²) in [4.78, 5) is 27.9. The number of rotatable bonds is 6. The summed E-state index contributed by atoms with van der Waals surface area (Å²) in [7, 11) is 1.60. The Morgan fingerprint density at radius 3 is 2.60 bits per heavy atom. The standard InChI is InChI=1S/C17H25ClN4O3/c1-13-3-4-14(11-15(13)18)20-17(24)22-8-6-21(7-9-22)12-16(23)19-5-10-25-2/h3-4,11H,5-10,12H2,1-2H3,(H,19,23)(H,20,24). The van der Waals surface area contributed by atoms with E-state index < -0.39 is 0 Å². The maximum absolute atomic E-state index is 12.3. The number of anilines is 1. The van der Waals surface area contributed by atoms with Crippen molar-refractivity contribution in [1.82, 2.24) is 15.1 Å². The van der Waals surface area contributed by atoms with Crippen molar-refractivity contribution in [2.24, 2.45) is 0 Å². The van der Waals surface area contributed by atoms with Crippen LogP contribution in [0, 0.1) is 6.92 Å². The van der Waals surface area contributed by atoms with Crippen molar-refractivity contribution >= 4 is 29.2 Å². The number of carbonyl (C=O) groups is 2. The SMILES string of the molecule is COCCNC(=O)CN1CCN(C(=O)Nc2ccc(C)c(Cl)c2)CC1. The van der Waals surface area contributed by atoms with Gasteiger partial charge in [-0.05, 0) is 24.6 Å². The summed E-state index contributed by atoms with van der Waals surface area (Å²) < 4.78 is 4.90. The summed E-state index contributed by atoms with van der Waals surface area (Å²) >= 11 is 6.08. The molecule has 0 radical (unpaired) electrons. The zero-order chi connectivity index (χ0) is 18.2. The highest BCUT2D eigenvalue weighted by molar-refractivity contribution is 6.31. The van der Waals surface area contributed by atoms with Crippen LogP contribution in [-0.4, -0.2) is 74.7 Å². The molecule has 1 aliphatic heterocycles. The van der Waals surface area contributed by atoms with Gasteiger partial charge in [-0.1, -0.05) is 17.7 Å². The molecule has 0 bridgehead atoms. The fraction of sp³-hybridized carbons (Fsp3) is 0.529. The lowest BCUT2D eigenvalue weighted by Crippen LogP contribution is -2.52. The summed E-state index contributed by atoms with van der Waals surface area (Å²) in [6, 6.07) is 5.30. The number of hydrogen-bond acceptors (Lipinski definition) is 4. The fourth-order valence-corrected chi connectivity index (χ4v) is 2.71. The van der Waals surface area contributed by atoms with Crippen molar-refractivity contribution < 1.29 is 14.3 Å². The van der Waals surface area contributed by atoms with Crippen LogP contribution in [0.5, 0.6) is 0 Å². The van der Waals surface area contributed by atoms with Gasteiger partial charge in [-0.2, -0.15) is 0 Å². The molecule has 1 aliphatic rings. The number of ether oxygens (including phenoxy) is 1. The third kappa shape index (κ3) is 6.19. The first-order valence-corrected chi connectivity index (χ1v) is 8.67. The number of benzene rings is 1. The van der Waals surface area contributed by atoms with Crippen LogP contribution in [0.2, 0.25) is 5.02 Å². The number of hydrogen-bond donors (Lipinski definition) is 2. The number of methoxy groups -OCH3 is 1. The average molecular weight is 369 g/mol. The van der Waals surface area contributed by atoms with Crippen LogP contribution in [-0.2, 0) is 9.53 Å². The Kier molecular flexibility index (Phi) is 7.49. The smallest absolute Gasteiger partial charge is 0.321 e. The zero-order valence-electron chi connectivity index (χ0n) is 14.7. The Labute approximate surface area is 153 Å². The number of halogens is 1. The van der Waals surface area contributed by atoms with Gasteiger partial charge in [0, 0.05) is 50.5 Å². The number of urea groups is 1. The lowest BCUT2D eigenvalue weighted by Gasteiger charge is -2.34. The lowest BCUT2D eigenvalue weighted by atomic mass is 10.2. The third-order valence-corrected chi connectivity index (χ3v) is 4.49. The fourth-order valence-electron chi connectivity index (χ4n) is 2.53. The summed E-state index contributed by atoms with van der Waals surface area (Å²) in [5.74, 6) is -0.0238. The van der Waals surface area contributed by atoms with Crippen molar-refractivity contribution in [1.29, 1.82) is 0 Å². The summed E-state index contributed by atoms with van der Waals surface area (Å²) in [5.41, 5.74) is 1.65. The Hall–Kier alpha value is -1.83. The summed E-state index contributed by atoms with van der Waals surface area (Å²) in [6.45, 7) is 5.76. The minimum Gasteiger partial charge on any atom is -0.383 e. The Bertz CT molecular complexity index is 604. The van der Waals surface area contributed by atoms with Gasteiger partial charge in [0.1, 0.15) is 0 Å². The lowest BCUT2D eigenvalue weighted by molar-refractivity contribution is -0.122. The van der Waals surface area contributed by atoms with Gasteiger partial charge >= 0.3 is 6.03 Å². The van der Waals surface area contributed by atoms with Crippen LogP contribution in [0.1, 0.15) is 5.56 Å². The van der Waals surface area contributed by atoms with Gasteiger partial charge in [-0.3, -0.25) is 9.69 Å². The maximum Gasteiger partial charge on any atom is 0.321 e. The van der Waals surface area contributed by atoms with Crippen LogP contribution < -0.4 is 10.6 Å². The maximum atomic E-state index is 12.3. The van der Waals surface area contributed by atoms with Gasteiger partial charge < -0.3 is 20.3 Å². The van der Waals surface area contributed by atoms with E-state index in [2.05, 4.69) is 10.6 Å². The molecule has 7 nitrogen and oxygen atoms in total. The van der Waals surface area contributed by atoms with E-state index in [1.54, 1.807) is 18.1 Å². The molecule has 3 amide bonds. The largest absolute Gasteiger partial charge is 0.383 e. The van der Waals surface area contributed by atoms with Crippen LogP contribution in [0.25, 0.3) is 0 Å². The quantitative estimate of drug-likeness (QED) is 0.747. The van der Waals surface area contributed by atoms with Gasteiger partial charge in [0.05, 0.1) is 13.2 Å². The molecule has 2 rings (SSSR count). The predicted octanol–water partition coefficient (Wildman–Crippen LogP) is 1.56. The van der Waals surface area contributed by atoms with E-state index in [0.29, 0.717) is 56.6 Å². The van der Waals surface area contributed by atoms with Gasteiger partial charge in [-0.15, -0.1) is 0 Å². The highest BCUT2D eigenvalue weighted by Crippen LogP contribution is 2.20. The first-order chi connectivity index (χ1) is 12.0. The topological polar surface area (TPSA) is 73.9 Å². The van der Waals surface area contributed by atoms with Crippen molar-refractivity contribution in [3.8, 4) is 0 Å². The normalized spacial score (nSPS) is 15.1. The number of piperazine rings is 1. The van der Waals surface area contributed by atoms with Crippen molar-refractivity contribution in [2.75, 3.05) is 58.3 Å². The van der Waals surface area contributed by atoms with E-state index in [-0.39, 0.29) is 11.9 Å². The molecule has 1 aromatic rings. The number of carbonyl (C=O) groups excluding carboxylic acids is 2. The van der Waals surface area contributed by atoms with Crippen LogP contribution in [0.3, 0.4) is 0 Å². The van der Waals surface area contributed by atoms with Crippen LogP contribution in [0.4, 0.5) is 10.5 Å². The van der Waals surface area contributed by atoms with Gasteiger partial charge in [0.15, 0.2) is 0 Å².